The topological polar surface area (TPSA) is 104 Å². The number of aromatic amines is 1. The number of hydrogen-bond acceptors (Lipinski definition) is 4. The molecular formula is C16H18FN5O2. The Morgan fingerprint density at radius 3 is 2.83 bits per heavy atom. The number of nitrogen functional groups attached to an aromatic ring is 1. The van der Waals surface area contributed by atoms with Gasteiger partial charge in [-0.05, 0) is 24.6 Å². The van der Waals surface area contributed by atoms with E-state index in [0.717, 1.165) is 17.8 Å². The summed E-state index contributed by atoms with van der Waals surface area (Å²) in [5.74, 6) is -1.06. The van der Waals surface area contributed by atoms with Crippen molar-refractivity contribution < 1.29 is 14.0 Å². The van der Waals surface area contributed by atoms with Crippen LogP contribution in [0.2, 0.25) is 0 Å². The van der Waals surface area contributed by atoms with Crippen LogP contribution in [0.5, 0.6) is 0 Å². The van der Waals surface area contributed by atoms with Crippen LogP contribution in [0, 0.1) is 5.82 Å². The fourth-order valence-corrected chi connectivity index (χ4v) is 2.70. The minimum absolute atomic E-state index is 0.132. The molecule has 4 N–H and O–H groups in total. The van der Waals surface area contributed by atoms with E-state index in [4.69, 9.17) is 5.73 Å². The first-order valence-electron chi connectivity index (χ1n) is 7.66. The molecule has 8 heteroatoms. The first-order valence-corrected chi connectivity index (χ1v) is 7.66. The minimum atomic E-state index is -0.546. The molecule has 0 aliphatic carbocycles. The molecule has 1 aliphatic rings. The van der Waals surface area contributed by atoms with Gasteiger partial charge < -0.3 is 16.0 Å². The number of aryl methyl sites for hydroxylation is 1. The minimum Gasteiger partial charge on any atom is -0.399 e. The number of amides is 2. The average molecular weight is 331 g/mol. The lowest BCUT2D eigenvalue weighted by atomic mass is 10.1. The fourth-order valence-electron chi connectivity index (χ4n) is 2.70. The molecule has 3 rings (SSSR count). The Bertz CT molecular complexity index is 762. The summed E-state index contributed by atoms with van der Waals surface area (Å²) in [6.07, 6.45) is 2.17. The van der Waals surface area contributed by atoms with Gasteiger partial charge in [0.25, 0.3) is 11.8 Å². The van der Waals surface area contributed by atoms with E-state index in [2.05, 4.69) is 15.5 Å². The second-order valence-electron chi connectivity index (χ2n) is 5.77. The number of hydrogen-bond donors (Lipinski definition) is 3. The van der Waals surface area contributed by atoms with Crippen molar-refractivity contribution in [2.24, 2.45) is 0 Å². The van der Waals surface area contributed by atoms with Gasteiger partial charge in [0.2, 0.25) is 0 Å². The Morgan fingerprint density at radius 2 is 2.17 bits per heavy atom. The summed E-state index contributed by atoms with van der Waals surface area (Å²) in [6, 6.07) is 3.62. The molecule has 2 amide bonds. The van der Waals surface area contributed by atoms with Crippen LogP contribution in [0.15, 0.2) is 24.4 Å². The van der Waals surface area contributed by atoms with Crippen molar-refractivity contribution in [1.29, 1.82) is 0 Å². The highest BCUT2D eigenvalue weighted by Gasteiger charge is 2.33. The van der Waals surface area contributed by atoms with Crippen molar-refractivity contribution in [3.05, 3.63) is 47.0 Å². The van der Waals surface area contributed by atoms with Crippen molar-refractivity contribution in [1.82, 2.24) is 20.4 Å². The number of halogens is 1. The van der Waals surface area contributed by atoms with Crippen LogP contribution in [0.3, 0.4) is 0 Å². The van der Waals surface area contributed by atoms with E-state index < -0.39 is 5.82 Å². The van der Waals surface area contributed by atoms with Crippen molar-refractivity contribution in [2.75, 3.05) is 18.8 Å². The first kappa shape index (κ1) is 16.0. The Balaban J connectivity index is 1.57. The normalized spacial score (nSPS) is 14.3. The van der Waals surface area contributed by atoms with E-state index >= 15 is 0 Å². The molecule has 1 saturated heterocycles. The average Bonchev–Trinajstić information content (AvgIpc) is 2.97. The number of nitrogens with zero attached hydrogens (tertiary/aromatic N) is 2. The summed E-state index contributed by atoms with van der Waals surface area (Å²) >= 11 is 0. The van der Waals surface area contributed by atoms with Crippen LogP contribution in [-0.4, -0.2) is 46.0 Å². The summed E-state index contributed by atoms with van der Waals surface area (Å²) < 4.78 is 13.3. The third-order valence-electron chi connectivity index (χ3n) is 3.99. The molecule has 126 valence electrons. The second kappa shape index (κ2) is 6.31. The van der Waals surface area contributed by atoms with Gasteiger partial charge in [0, 0.05) is 30.0 Å². The highest BCUT2D eigenvalue weighted by atomic mass is 19.1. The smallest absolute Gasteiger partial charge is 0.255 e. The van der Waals surface area contributed by atoms with Gasteiger partial charge in [-0.15, -0.1) is 0 Å². The Morgan fingerprint density at radius 1 is 1.42 bits per heavy atom. The summed E-state index contributed by atoms with van der Waals surface area (Å²) in [5.41, 5.74) is 7.26. The van der Waals surface area contributed by atoms with Crippen LogP contribution >= 0.6 is 0 Å². The number of anilines is 1. The molecule has 2 aromatic rings. The quantitative estimate of drug-likeness (QED) is 0.726. The highest BCUT2D eigenvalue weighted by Crippen LogP contribution is 2.17. The van der Waals surface area contributed by atoms with Gasteiger partial charge >= 0.3 is 0 Å². The number of carbonyl (C=O) groups is 2. The molecule has 24 heavy (non-hydrogen) atoms. The molecule has 0 unspecified atom stereocenters. The lowest BCUT2D eigenvalue weighted by Gasteiger charge is -2.39. The van der Waals surface area contributed by atoms with Crippen LogP contribution in [-0.2, 0) is 6.42 Å². The first-order chi connectivity index (χ1) is 11.5. The molecule has 0 radical (unpaired) electrons. The third-order valence-corrected chi connectivity index (χ3v) is 3.99. The number of H-pyrrole nitrogens is 1. The molecule has 0 atom stereocenters. The third kappa shape index (κ3) is 3.08. The summed E-state index contributed by atoms with van der Waals surface area (Å²) in [6.45, 7) is 2.68. The Hall–Kier alpha value is -2.90. The zero-order valence-corrected chi connectivity index (χ0v) is 13.2. The van der Waals surface area contributed by atoms with Gasteiger partial charge in [-0.2, -0.15) is 5.10 Å². The molecule has 0 saturated carbocycles. The van der Waals surface area contributed by atoms with Crippen LogP contribution < -0.4 is 11.1 Å². The largest absolute Gasteiger partial charge is 0.399 e. The molecule has 2 heterocycles. The van der Waals surface area contributed by atoms with Crippen LogP contribution in [0.25, 0.3) is 0 Å². The number of likely N-dealkylation sites (tertiary alicyclic amines) is 1. The van der Waals surface area contributed by atoms with Gasteiger partial charge in [-0.3, -0.25) is 14.7 Å². The zero-order chi connectivity index (χ0) is 17.3. The Labute approximate surface area is 138 Å². The van der Waals surface area contributed by atoms with Gasteiger partial charge in [0.15, 0.2) is 0 Å². The molecule has 1 aliphatic heterocycles. The second-order valence-corrected chi connectivity index (χ2v) is 5.77. The summed E-state index contributed by atoms with van der Waals surface area (Å²) in [7, 11) is 0. The number of benzene rings is 1. The van der Waals surface area contributed by atoms with E-state index in [1.807, 2.05) is 6.92 Å². The van der Waals surface area contributed by atoms with E-state index in [9.17, 15) is 14.0 Å². The molecule has 1 aromatic carbocycles. The molecule has 0 bridgehead atoms. The Kier molecular flexibility index (Phi) is 4.20. The number of nitrogens with two attached hydrogens (primary N) is 1. The van der Waals surface area contributed by atoms with Gasteiger partial charge in [-0.1, -0.05) is 6.92 Å². The number of nitrogens with one attached hydrogen (secondary N) is 2. The van der Waals surface area contributed by atoms with Gasteiger partial charge in [-0.25, -0.2) is 4.39 Å². The van der Waals surface area contributed by atoms with Crippen LogP contribution in [0.4, 0.5) is 10.1 Å². The number of carbonyl (C=O) groups excluding carboxylic acids is 2. The highest BCUT2D eigenvalue weighted by molar-refractivity contribution is 5.97. The van der Waals surface area contributed by atoms with Crippen molar-refractivity contribution in [2.45, 2.75) is 19.4 Å². The maximum absolute atomic E-state index is 13.3. The van der Waals surface area contributed by atoms with Crippen molar-refractivity contribution in [3.8, 4) is 0 Å². The van der Waals surface area contributed by atoms with Crippen molar-refractivity contribution in [3.63, 3.8) is 0 Å². The van der Waals surface area contributed by atoms with E-state index in [1.54, 1.807) is 0 Å². The maximum Gasteiger partial charge on any atom is 0.255 e. The molecule has 1 fully saturated rings. The van der Waals surface area contributed by atoms with Crippen LogP contribution in [0.1, 0.15) is 33.3 Å². The monoisotopic (exact) mass is 331 g/mol. The number of rotatable bonds is 4. The predicted octanol–water partition coefficient (Wildman–Crippen LogP) is 0.948. The fraction of sp³-hybridized carbons (Fsp3) is 0.312. The lowest BCUT2D eigenvalue weighted by molar-refractivity contribution is 0.0542. The van der Waals surface area contributed by atoms with Gasteiger partial charge in [0.05, 0.1) is 17.8 Å². The maximum atomic E-state index is 13.3. The summed E-state index contributed by atoms with van der Waals surface area (Å²) in [5, 5.41) is 9.51. The summed E-state index contributed by atoms with van der Waals surface area (Å²) in [4.78, 5) is 26.0. The predicted molar refractivity (Wildman–Crippen MR) is 85.9 cm³/mol. The zero-order valence-electron chi connectivity index (χ0n) is 13.2. The van der Waals surface area contributed by atoms with E-state index in [1.165, 1.54) is 17.2 Å². The molecule has 0 spiro atoms. The van der Waals surface area contributed by atoms with E-state index in [0.29, 0.717) is 25.1 Å². The number of aromatic nitrogens is 2. The van der Waals surface area contributed by atoms with Crippen molar-refractivity contribution >= 4 is 17.5 Å². The molecular weight excluding hydrogens is 313 g/mol. The molecule has 7 nitrogen and oxygen atoms in total. The van der Waals surface area contributed by atoms with Gasteiger partial charge in [0.1, 0.15) is 5.82 Å². The lowest BCUT2D eigenvalue weighted by Crippen LogP contribution is -2.61. The molecule has 1 aromatic heterocycles. The standard InChI is InChI=1S/C16H18FN5O2/c1-2-14-13(6-19-21-14)15(23)20-12-7-22(8-12)16(24)9-3-10(17)5-11(18)4-9/h3-6,12H,2,7-8,18H2,1H3,(H,19,21)(H,20,23). The van der Waals surface area contributed by atoms with E-state index in [-0.39, 0.29) is 29.1 Å². The SMILES string of the molecule is CCc1[nH]ncc1C(=O)NC1CN(C(=O)c2cc(N)cc(F)c2)C1.